The van der Waals surface area contributed by atoms with E-state index in [0.717, 1.165) is 21.5 Å². The highest BCUT2D eigenvalue weighted by Gasteiger charge is 2.04. The van der Waals surface area contributed by atoms with E-state index in [1.54, 1.807) is 13.2 Å². The summed E-state index contributed by atoms with van der Waals surface area (Å²) in [6.07, 6.45) is 3.86. The number of carbonyl (C=O) groups excluding carboxylic acids is 1. The number of rotatable bonds is 6. The van der Waals surface area contributed by atoms with E-state index in [-0.39, 0.29) is 5.91 Å². The maximum atomic E-state index is 11.8. The summed E-state index contributed by atoms with van der Waals surface area (Å²) in [5, 5.41) is 2.85. The molecular weight excluding hydrogens is 393 g/mol. The van der Waals surface area contributed by atoms with Crippen LogP contribution in [0.5, 0.6) is 5.75 Å². The lowest BCUT2D eigenvalue weighted by Crippen LogP contribution is -2.23. The smallest absolute Gasteiger partial charge is 0.244 e. The van der Waals surface area contributed by atoms with E-state index in [4.69, 9.17) is 9.15 Å². The minimum absolute atomic E-state index is 0.141. The fourth-order valence-electron chi connectivity index (χ4n) is 2.06. The second kappa shape index (κ2) is 8.03. The third kappa shape index (κ3) is 4.91. The first kappa shape index (κ1) is 16.6. The van der Waals surface area contributed by atoms with Crippen molar-refractivity contribution in [1.82, 2.24) is 5.32 Å². The van der Waals surface area contributed by atoms with Crippen LogP contribution in [0, 0.1) is 10.7 Å². The number of benzene rings is 1. The predicted molar refractivity (Wildman–Crippen MR) is 94.9 cm³/mol. The minimum atomic E-state index is -0.141. The van der Waals surface area contributed by atoms with E-state index >= 15 is 0 Å². The molecule has 0 fully saturated rings. The number of furan rings is 1. The van der Waals surface area contributed by atoms with Crippen molar-refractivity contribution in [2.45, 2.75) is 13.3 Å². The molecule has 2 rings (SSSR count). The van der Waals surface area contributed by atoms with E-state index in [1.807, 2.05) is 31.2 Å². The molecule has 1 heterocycles. The Hall–Kier alpha value is -1.76. The van der Waals surface area contributed by atoms with Crippen LogP contribution in [0.3, 0.4) is 0 Å². The van der Waals surface area contributed by atoms with Gasteiger partial charge in [0.2, 0.25) is 5.91 Å². The molecular formula is C17H18INO3. The number of ether oxygens (including phenoxy) is 1. The van der Waals surface area contributed by atoms with Crippen LogP contribution in [-0.2, 0) is 11.2 Å². The zero-order valence-electron chi connectivity index (χ0n) is 12.6. The molecule has 22 heavy (non-hydrogen) atoms. The molecule has 0 spiro atoms. The Morgan fingerprint density at radius 2 is 2.18 bits per heavy atom. The summed E-state index contributed by atoms with van der Waals surface area (Å²) in [6.45, 7) is 2.59. The van der Waals surface area contributed by atoms with Gasteiger partial charge in [-0.2, -0.15) is 0 Å². The Morgan fingerprint density at radius 1 is 1.36 bits per heavy atom. The molecule has 0 aliphatic heterocycles. The van der Waals surface area contributed by atoms with Crippen LogP contribution in [0.25, 0.3) is 6.08 Å². The Morgan fingerprint density at radius 3 is 2.86 bits per heavy atom. The summed E-state index contributed by atoms with van der Waals surface area (Å²) in [4.78, 5) is 11.8. The fourth-order valence-corrected chi connectivity index (χ4v) is 2.49. The average Bonchev–Trinajstić information content (AvgIpc) is 2.91. The van der Waals surface area contributed by atoms with Crippen molar-refractivity contribution in [1.29, 1.82) is 0 Å². The van der Waals surface area contributed by atoms with Crippen LogP contribution in [-0.4, -0.2) is 19.6 Å². The normalized spacial score (nSPS) is 10.9. The van der Waals surface area contributed by atoms with Crippen molar-refractivity contribution >= 4 is 34.6 Å². The minimum Gasteiger partial charge on any atom is -0.496 e. The van der Waals surface area contributed by atoms with Crippen molar-refractivity contribution < 1.29 is 13.9 Å². The third-order valence-corrected chi connectivity index (χ3v) is 3.70. The number of carbonyl (C=O) groups is 1. The average molecular weight is 411 g/mol. The lowest BCUT2D eigenvalue weighted by molar-refractivity contribution is -0.116. The van der Waals surface area contributed by atoms with Crippen molar-refractivity contribution in [3.05, 3.63) is 57.1 Å². The monoisotopic (exact) mass is 411 g/mol. The zero-order chi connectivity index (χ0) is 15.9. The van der Waals surface area contributed by atoms with Crippen LogP contribution < -0.4 is 10.1 Å². The van der Waals surface area contributed by atoms with E-state index in [2.05, 4.69) is 34.0 Å². The molecule has 1 N–H and O–H groups in total. The number of amides is 1. The van der Waals surface area contributed by atoms with Gasteiger partial charge in [-0.15, -0.1) is 0 Å². The fraction of sp³-hybridized carbons (Fsp3) is 0.235. The van der Waals surface area contributed by atoms with Gasteiger partial charge in [0.1, 0.15) is 11.5 Å². The Kier molecular flexibility index (Phi) is 6.06. The summed E-state index contributed by atoms with van der Waals surface area (Å²) in [7, 11) is 1.65. The van der Waals surface area contributed by atoms with E-state index < -0.39 is 0 Å². The Balaban J connectivity index is 1.84. The topological polar surface area (TPSA) is 51.5 Å². The standard InChI is InChI=1S/C17H18INO3/c1-12-3-6-15(21-2)13(11-12)9-10-19-17(20)8-5-14-4-7-16(18)22-14/h3-8,11H,9-10H2,1-2H3,(H,19,20)/b8-5+. The van der Waals surface area contributed by atoms with E-state index in [0.29, 0.717) is 12.3 Å². The van der Waals surface area contributed by atoms with Crippen LogP contribution in [0.4, 0.5) is 0 Å². The van der Waals surface area contributed by atoms with Gasteiger partial charge >= 0.3 is 0 Å². The second-order valence-electron chi connectivity index (χ2n) is 4.83. The highest BCUT2D eigenvalue weighted by Crippen LogP contribution is 2.19. The Labute approximate surface area is 143 Å². The van der Waals surface area contributed by atoms with Crippen molar-refractivity contribution in [2.75, 3.05) is 13.7 Å². The molecule has 1 aromatic carbocycles. The molecule has 0 saturated heterocycles. The van der Waals surface area contributed by atoms with Crippen LogP contribution >= 0.6 is 22.6 Å². The molecule has 0 aliphatic rings. The molecule has 116 valence electrons. The van der Waals surface area contributed by atoms with Gasteiger partial charge in [0.15, 0.2) is 3.77 Å². The Bertz CT molecular complexity index is 676. The van der Waals surface area contributed by atoms with E-state index in [1.165, 1.54) is 11.6 Å². The molecule has 1 amide bonds. The summed E-state index contributed by atoms with van der Waals surface area (Å²) >= 11 is 2.08. The second-order valence-corrected chi connectivity index (χ2v) is 5.89. The number of aryl methyl sites for hydroxylation is 1. The molecule has 0 atom stereocenters. The summed E-state index contributed by atoms with van der Waals surface area (Å²) in [5.41, 5.74) is 2.27. The van der Waals surface area contributed by atoms with Gasteiger partial charge < -0.3 is 14.5 Å². The van der Waals surface area contributed by atoms with Gasteiger partial charge in [-0.3, -0.25) is 4.79 Å². The van der Waals surface area contributed by atoms with E-state index in [9.17, 15) is 4.79 Å². The number of methoxy groups -OCH3 is 1. The lowest BCUT2D eigenvalue weighted by Gasteiger charge is -2.09. The van der Waals surface area contributed by atoms with Gasteiger partial charge in [-0.05, 0) is 65.8 Å². The lowest BCUT2D eigenvalue weighted by atomic mass is 10.1. The van der Waals surface area contributed by atoms with Crippen LogP contribution in [0.1, 0.15) is 16.9 Å². The maximum Gasteiger partial charge on any atom is 0.244 e. The number of halogens is 1. The first-order chi connectivity index (χ1) is 10.6. The number of hydrogen-bond acceptors (Lipinski definition) is 3. The van der Waals surface area contributed by atoms with Crippen LogP contribution in [0.15, 0.2) is 40.8 Å². The largest absolute Gasteiger partial charge is 0.496 e. The van der Waals surface area contributed by atoms with Crippen molar-refractivity contribution in [2.24, 2.45) is 0 Å². The molecule has 5 heteroatoms. The molecule has 0 aliphatic carbocycles. The highest BCUT2D eigenvalue weighted by molar-refractivity contribution is 14.1. The van der Waals surface area contributed by atoms with Crippen molar-refractivity contribution in [3.63, 3.8) is 0 Å². The molecule has 0 bridgehead atoms. The highest BCUT2D eigenvalue weighted by atomic mass is 127. The van der Waals surface area contributed by atoms with Gasteiger partial charge in [-0.1, -0.05) is 17.7 Å². The SMILES string of the molecule is COc1ccc(C)cc1CCNC(=O)/C=C/c1ccc(I)o1. The molecule has 2 aromatic rings. The van der Waals surface area contributed by atoms with Gasteiger partial charge in [0.25, 0.3) is 0 Å². The quantitative estimate of drug-likeness (QED) is 0.584. The van der Waals surface area contributed by atoms with Gasteiger partial charge in [-0.25, -0.2) is 0 Å². The van der Waals surface area contributed by atoms with Gasteiger partial charge in [0, 0.05) is 12.6 Å². The zero-order valence-corrected chi connectivity index (χ0v) is 14.7. The van der Waals surface area contributed by atoms with Crippen molar-refractivity contribution in [3.8, 4) is 5.75 Å². The first-order valence-electron chi connectivity index (χ1n) is 6.93. The molecule has 0 saturated carbocycles. The molecule has 4 nitrogen and oxygen atoms in total. The predicted octanol–water partition coefficient (Wildman–Crippen LogP) is 3.57. The maximum absolute atomic E-state index is 11.8. The summed E-state index contributed by atoms with van der Waals surface area (Å²) < 4.78 is 11.5. The summed E-state index contributed by atoms with van der Waals surface area (Å²) in [5.74, 6) is 1.37. The molecule has 0 radical (unpaired) electrons. The summed E-state index contributed by atoms with van der Waals surface area (Å²) in [6, 6.07) is 9.70. The van der Waals surface area contributed by atoms with Crippen LogP contribution in [0.2, 0.25) is 0 Å². The first-order valence-corrected chi connectivity index (χ1v) is 8.01. The number of hydrogen-bond donors (Lipinski definition) is 1. The molecule has 1 aromatic heterocycles. The molecule has 0 unspecified atom stereocenters. The number of nitrogens with one attached hydrogen (secondary N) is 1. The third-order valence-electron chi connectivity index (χ3n) is 3.12. The van der Waals surface area contributed by atoms with Gasteiger partial charge in [0.05, 0.1) is 7.11 Å².